The van der Waals surface area contributed by atoms with Crippen molar-refractivity contribution in [1.82, 2.24) is 0 Å². The quantitative estimate of drug-likeness (QED) is 0.824. The molecule has 0 amide bonds. The van der Waals surface area contributed by atoms with Crippen molar-refractivity contribution in [3.05, 3.63) is 27.8 Å². The smallest absolute Gasteiger partial charge is 0.0342 e. The molecule has 0 aliphatic rings. The Morgan fingerprint density at radius 3 is 2.21 bits per heavy atom. The van der Waals surface area contributed by atoms with Crippen LogP contribution in [0.1, 0.15) is 27.2 Å². The van der Waals surface area contributed by atoms with E-state index in [-0.39, 0.29) is 0 Å². The van der Waals surface area contributed by atoms with E-state index in [0.29, 0.717) is 6.04 Å². The van der Waals surface area contributed by atoms with Gasteiger partial charge in [-0.05, 0) is 66.1 Å². The van der Waals surface area contributed by atoms with E-state index in [0.717, 1.165) is 5.92 Å². The summed E-state index contributed by atoms with van der Waals surface area (Å²) in [7, 11) is 0. The Labute approximate surface area is 100 Å². The van der Waals surface area contributed by atoms with E-state index < -0.39 is 0 Å². The molecule has 0 aromatic heterocycles. The molecule has 78 valence electrons. The molecule has 0 heterocycles. The molecule has 2 heteroatoms. The molecule has 0 radical (unpaired) electrons. The lowest BCUT2D eigenvalue weighted by atomic mass is 10.1. The van der Waals surface area contributed by atoms with Gasteiger partial charge in [-0.25, -0.2) is 0 Å². The molecule has 0 aliphatic carbocycles. The molecule has 0 saturated carbocycles. The summed E-state index contributed by atoms with van der Waals surface area (Å²) < 4.78 is 1.28. The van der Waals surface area contributed by atoms with Gasteiger partial charge in [-0.2, -0.15) is 0 Å². The predicted molar refractivity (Wildman–Crippen MR) is 71.7 cm³/mol. The monoisotopic (exact) mass is 303 g/mol. The van der Waals surface area contributed by atoms with Crippen LogP contribution in [0, 0.1) is 9.49 Å². The van der Waals surface area contributed by atoms with E-state index in [4.69, 9.17) is 0 Å². The first kappa shape index (κ1) is 11.8. The van der Waals surface area contributed by atoms with Crippen molar-refractivity contribution in [2.75, 3.05) is 5.32 Å². The van der Waals surface area contributed by atoms with E-state index in [1.807, 2.05) is 0 Å². The van der Waals surface area contributed by atoms with Gasteiger partial charge in [-0.15, -0.1) is 0 Å². The van der Waals surface area contributed by atoms with Crippen LogP contribution in [0.5, 0.6) is 0 Å². The Kier molecular flexibility index (Phi) is 4.72. The molecule has 0 bridgehead atoms. The van der Waals surface area contributed by atoms with Crippen molar-refractivity contribution in [2.45, 2.75) is 33.2 Å². The summed E-state index contributed by atoms with van der Waals surface area (Å²) in [4.78, 5) is 0. The number of halogens is 1. The van der Waals surface area contributed by atoms with Crippen LogP contribution in [0.25, 0.3) is 0 Å². The van der Waals surface area contributed by atoms with Crippen molar-refractivity contribution >= 4 is 28.3 Å². The molecular weight excluding hydrogens is 285 g/mol. The Balaban J connectivity index is 2.47. The van der Waals surface area contributed by atoms with Crippen LogP contribution in [-0.4, -0.2) is 6.04 Å². The SMILES string of the molecule is CC(C)CC(C)Nc1ccc(I)cc1. The average molecular weight is 303 g/mol. The van der Waals surface area contributed by atoms with Crippen LogP contribution in [-0.2, 0) is 0 Å². The molecule has 0 fully saturated rings. The maximum absolute atomic E-state index is 3.50. The number of benzene rings is 1. The highest BCUT2D eigenvalue weighted by atomic mass is 127. The van der Waals surface area contributed by atoms with Gasteiger partial charge in [0.25, 0.3) is 0 Å². The van der Waals surface area contributed by atoms with Gasteiger partial charge in [0.15, 0.2) is 0 Å². The van der Waals surface area contributed by atoms with E-state index >= 15 is 0 Å². The molecule has 1 aromatic carbocycles. The van der Waals surface area contributed by atoms with Crippen molar-refractivity contribution in [1.29, 1.82) is 0 Å². The first-order valence-corrected chi connectivity index (χ1v) is 6.18. The van der Waals surface area contributed by atoms with Gasteiger partial charge in [0.2, 0.25) is 0 Å². The highest BCUT2D eigenvalue weighted by Crippen LogP contribution is 2.14. The number of hydrogen-bond acceptors (Lipinski definition) is 1. The number of anilines is 1. The molecule has 1 atom stereocenters. The first-order chi connectivity index (χ1) is 6.58. The third kappa shape index (κ3) is 4.31. The summed E-state index contributed by atoms with van der Waals surface area (Å²) in [6, 6.07) is 9.09. The van der Waals surface area contributed by atoms with E-state index in [1.165, 1.54) is 15.7 Å². The largest absolute Gasteiger partial charge is 0.383 e. The molecule has 1 rings (SSSR count). The van der Waals surface area contributed by atoms with Crippen molar-refractivity contribution < 1.29 is 0 Å². The highest BCUT2D eigenvalue weighted by Gasteiger charge is 2.04. The zero-order chi connectivity index (χ0) is 10.6. The average Bonchev–Trinajstić information content (AvgIpc) is 2.07. The summed E-state index contributed by atoms with van der Waals surface area (Å²) >= 11 is 2.32. The fourth-order valence-electron chi connectivity index (χ4n) is 1.60. The highest BCUT2D eigenvalue weighted by molar-refractivity contribution is 14.1. The normalized spacial score (nSPS) is 12.9. The fraction of sp³-hybridized carbons (Fsp3) is 0.500. The van der Waals surface area contributed by atoms with Crippen LogP contribution >= 0.6 is 22.6 Å². The Morgan fingerprint density at radius 2 is 1.71 bits per heavy atom. The van der Waals surface area contributed by atoms with Crippen LogP contribution in [0.4, 0.5) is 5.69 Å². The van der Waals surface area contributed by atoms with Gasteiger partial charge in [-0.1, -0.05) is 13.8 Å². The number of rotatable bonds is 4. The number of nitrogens with one attached hydrogen (secondary N) is 1. The van der Waals surface area contributed by atoms with Crippen molar-refractivity contribution in [2.24, 2.45) is 5.92 Å². The predicted octanol–water partition coefficient (Wildman–Crippen LogP) is 4.14. The molecule has 1 aromatic rings. The second-order valence-electron chi connectivity index (χ2n) is 4.18. The van der Waals surface area contributed by atoms with Crippen molar-refractivity contribution in [3.63, 3.8) is 0 Å². The summed E-state index contributed by atoms with van der Waals surface area (Å²) in [6.45, 7) is 6.75. The van der Waals surface area contributed by atoms with Crippen molar-refractivity contribution in [3.8, 4) is 0 Å². The molecule has 0 saturated heterocycles. The zero-order valence-corrected chi connectivity index (χ0v) is 11.2. The Hall–Kier alpha value is -0.250. The van der Waals surface area contributed by atoms with E-state index in [9.17, 15) is 0 Å². The third-order valence-electron chi connectivity index (χ3n) is 2.08. The molecule has 1 nitrogen and oxygen atoms in total. The first-order valence-electron chi connectivity index (χ1n) is 5.10. The summed E-state index contributed by atoms with van der Waals surface area (Å²) in [5.41, 5.74) is 1.22. The van der Waals surface area contributed by atoms with Gasteiger partial charge in [0.05, 0.1) is 0 Å². The molecule has 14 heavy (non-hydrogen) atoms. The van der Waals surface area contributed by atoms with Crippen LogP contribution in [0.2, 0.25) is 0 Å². The standard InChI is InChI=1S/C12H18IN/c1-9(2)8-10(3)14-12-6-4-11(13)5-7-12/h4-7,9-10,14H,8H2,1-3H3. The second kappa shape index (κ2) is 5.59. The van der Waals surface area contributed by atoms with Crippen LogP contribution in [0.15, 0.2) is 24.3 Å². The zero-order valence-electron chi connectivity index (χ0n) is 9.05. The van der Waals surface area contributed by atoms with Crippen LogP contribution < -0.4 is 5.32 Å². The van der Waals surface area contributed by atoms with Gasteiger partial charge in [0.1, 0.15) is 0 Å². The Bertz CT molecular complexity index is 266. The minimum absolute atomic E-state index is 0.551. The minimum Gasteiger partial charge on any atom is -0.383 e. The summed E-state index contributed by atoms with van der Waals surface area (Å²) in [6.07, 6.45) is 1.21. The van der Waals surface area contributed by atoms with Gasteiger partial charge in [0, 0.05) is 15.3 Å². The van der Waals surface area contributed by atoms with E-state index in [2.05, 4.69) is 72.9 Å². The van der Waals surface area contributed by atoms with E-state index in [1.54, 1.807) is 0 Å². The molecule has 0 spiro atoms. The Morgan fingerprint density at radius 1 is 1.14 bits per heavy atom. The molecule has 1 unspecified atom stereocenters. The fourth-order valence-corrected chi connectivity index (χ4v) is 1.96. The minimum atomic E-state index is 0.551. The topological polar surface area (TPSA) is 12.0 Å². The van der Waals surface area contributed by atoms with Gasteiger partial charge in [-0.3, -0.25) is 0 Å². The summed E-state index contributed by atoms with van der Waals surface area (Å²) in [5.74, 6) is 0.751. The van der Waals surface area contributed by atoms with Crippen LogP contribution in [0.3, 0.4) is 0 Å². The molecule has 0 aliphatic heterocycles. The lowest BCUT2D eigenvalue weighted by Crippen LogP contribution is -2.17. The summed E-state index contributed by atoms with van der Waals surface area (Å²) in [5, 5.41) is 3.50. The maximum atomic E-state index is 3.50. The molecular formula is C12H18IN. The second-order valence-corrected chi connectivity index (χ2v) is 5.43. The maximum Gasteiger partial charge on any atom is 0.0342 e. The molecule has 1 N–H and O–H groups in total. The number of hydrogen-bond donors (Lipinski definition) is 1. The lowest BCUT2D eigenvalue weighted by Gasteiger charge is -2.17. The lowest BCUT2D eigenvalue weighted by molar-refractivity contribution is 0.540. The van der Waals surface area contributed by atoms with Gasteiger partial charge < -0.3 is 5.32 Å². The third-order valence-corrected chi connectivity index (χ3v) is 2.80. The van der Waals surface area contributed by atoms with Gasteiger partial charge >= 0.3 is 0 Å².